The van der Waals surface area contributed by atoms with Crippen LogP contribution in [0.5, 0.6) is 5.75 Å². The molecule has 0 fully saturated rings. The lowest BCUT2D eigenvalue weighted by atomic mass is 10.1. The third-order valence-electron chi connectivity index (χ3n) is 5.29. The fourth-order valence-corrected chi connectivity index (χ4v) is 3.55. The molecule has 2 aromatic carbocycles. The normalized spacial score (nSPS) is 12.8. The molecule has 1 aromatic heterocycles. The van der Waals surface area contributed by atoms with Gasteiger partial charge < -0.3 is 9.30 Å². The van der Waals surface area contributed by atoms with Crippen molar-refractivity contribution in [1.29, 1.82) is 0 Å². The summed E-state index contributed by atoms with van der Waals surface area (Å²) >= 11 is 0. The number of methoxy groups -OCH3 is 1. The number of rotatable bonds is 6. The molecule has 4 rings (SSSR count). The molecule has 3 aromatic rings. The highest BCUT2D eigenvalue weighted by Gasteiger charge is 2.16. The molecule has 0 unspecified atom stereocenters. The number of allylic oxidation sites excluding steroid dienone is 2. The van der Waals surface area contributed by atoms with Crippen LogP contribution in [0.4, 0.5) is 0 Å². The zero-order valence-corrected chi connectivity index (χ0v) is 16.6. The molecule has 2 heterocycles. The van der Waals surface area contributed by atoms with Gasteiger partial charge in [0.15, 0.2) is 12.7 Å². The van der Waals surface area contributed by atoms with E-state index in [2.05, 4.69) is 84.4 Å². The molecule has 1 aliphatic heterocycles. The summed E-state index contributed by atoms with van der Waals surface area (Å²) in [5, 5.41) is 2.55. The van der Waals surface area contributed by atoms with Gasteiger partial charge in [-0.25, -0.2) is 0 Å². The first-order valence-corrected chi connectivity index (χ1v) is 9.46. The van der Waals surface area contributed by atoms with Crippen molar-refractivity contribution in [2.24, 2.45) is 0 Å². The van der Waals surface area contributed by atoms with E-state index in [1.807, 2.05) is 18.2 Å². The van der Waals surface area contributed by atoms with Gasteiger partial charge in [0.05, 0.1) is 7.11 Å². The van der Waals surface area contributed by atoms with E-state index in [0.29, 0.717) is 0 Å². The van der Waals surface area contributed by atoms with Crippen LogP contribution in [0.1, 0.15) is 23.7 Å². The maximum atomic E-state index is 5.23. The van der Waals surface area contributed by atoms with Crippen molar-refractivity contribution < 1.29 is 4.74 Å². The SMILES string of the molecule is C=C/C(C)=C\c1ccn(-c2ccc3c(c2)=C[N+]=3Cc2ccc(OC)cc2)c1C. The molecule has 0 aliphatic carbocycles. The molecule has 0 spiro atoms. The Labute approximate surface area is 165 Å². The van der Waals surface area contributed by atoms with E-state index in [9.17, 15) is 0 Å². The molecule has 28 heavy (non-hydrogen) atoms. The van der Waals surface area contributed by atoms with E-state index >= 15 is 0 Å². The number of ether oxygens (including phenoxy) is 1. The molecule has 0 bridgehead atoms. The second-order valence-electron chi connectivity index (χ2n) is 7.17. The average Bonchev–Trinajstić information content (AvgIpc) is 3.06. The number of aromatic nitrogens is 1. The van der Waals surface area contributed by atoms with E-state index < -0.39 is 0 Å². The number of hydrogen-bond donors (Lipinski definition) is 0. The standard InChI is InChI=1S/C25H25N2O/c1-5-18(2)14-21-12-13-27(19(21)3)23-8-11-25-22(15-23)17-26(25)16-20-6-9-24(28-4)10-7-20/h5-15,17H,1,16H2,2-4H3/q+1/b18-14-. The highest BCUT2D eigenvalue weighted by atomic mass is 16.5. The highest BCUT2D eigenvalue weighted by molar-refractivity contribution is 5.59. The van der Waals surface area contributed by atoms with Crippen LogP contribution in [0.15, 0.2) is 73.0 Å². The summed E-state index contributed by atoms with van der Waals surface area (Å²) in [7, 11) is 1.69. The van der Waals surface area contributed by atoms with Gasteiger partial charge in [-0.15, -0.1) is 0 Å². The monoisotopic (exact) mass is 369 g/mol. The minimum Gasteiger partial charge on any atom is -0.497 e. The van der Waals surface area contributed by atoms with Crippen molar-refractivity contribution >= 4 is 12.3 Å². The molecule has 0 atom stereocenters. The van der Waals surface area contributed by atoms with Crippen molar-refractivity contribution in [3.05, 3.63) is 100 Å². The van der Waals surface area contributed by atoms with Crippen LogP contribution >= 0.6 is 0 Å². The fraction of sp³-hybridized carbons (Fsp3) is 0.160. The fourth-order valence-electron chi connectivity index (χ4n) is 3.55. The molecule has 0 saturated carbocycles. The highest BCUT2D eigenvalue weighted by Crippen LogP contribution is 2.18. The molecule has 0 radical (unpaired) electrons. The number of fused-ring (bicyclic) bond motifs is 1. The van der Waals surface area contributed by atoms with Crippen LogP contribution in [0.2, 0.25) is 0 Å². The summed E-state index contributed by atoms with van der Waals surface area (Å²) in [6.45, 7) is 8.93. The van der Waals surface area contributed by atoms with E-state index in [-0.39, 0.29) is 0 Å². The Morgan fingerprint density at radius 2 is 1.93 bits per heavy atom. The molecule has 0 N–H and O–H groups in total. The molecule has 0 amide bonds. The van der Waals surface area contributed by atoms with Gasteiger partial charge in [0.2, 0.25) is 5.36 Å². The van der Waals surface area contributed by atoms with Gasteiger partial charge in [0.1, 0.15) is 11.0 Å². The molecule has 0 saturated heterocycles. The second kappa shape index (κ2) is 7.35. The lowest BCUT2D eigenvalue weighted by molar-refractivity contribution is 0.414. The zero-order valence-electron chi connectivity index (χ0n) is 16.6. The van der Waals surface area contributed by atoms with Gasteiger partial charge in [-0.1, -0.05) is 24.3 Å². The Kier molecular flexibility index (Phi) is 4.74. The molecule has 3 nitrogen and oxygen atoms in total. The van der Waals surface area contributed by atoms with Gasteiger partial charge in [-0.3, -0.25) is 0 Å². The number of benzene rings is 2. The van der Waals surface area contributed by atoms with Crippen LogP contribution in [-0.2, 0) is 6.54 Å². The smallest absolute Gasteiger partial charge is 0.219 e. The zero-order chi connectivity index (χ0) is 19.7. The molecular formula is C25H25N2O+. The number of hydrogen-bond acceptors (Lipinski definition) is 1. The first-order valence-electron chi connectivity index (χ1n) is 9.46. The predicted octanol–water partition coefficient (Wildman–Crippen LogP) is 3.83. The largest absolute Gasteiger partial charge is 0.497 e. The Bertz CT molecular complexity index is 1190. The van der Waals surface area contributed by atoms with Gasteiger partial charge in [-0.2, -0.15) is 4.58 Å². The summed E-state index contributed by atoms with van der Waals surface area (Å²) < 4.78 is 9.75. The van der Waals surface area contributed by atoms with Crippen molar-refractivity contribution in [3.63, 3.8) is 0 Å². The second-order valence-corrected chi connectivity index (χ2v) is 7.17. The van der Waals surface area contributed by atoms with Crippen LogP contribution in [-0.4, -0.2) is 11.7 Å². The van der Waals surface area contributed by atoms with Gasteiger partial charge in [0.25, 0.3) is 0 Å². The van der Waals surface area contributed by atoms with E-state index in [1.165, 1.54) is 38.7 Å². The Balaban J connectivity index is 1.60. The molecule has 1 aliphatic rings. The third-order valence-corrected chi connectivity index (χ3v) is 5.29. The minimum atomic E-state index is 0.870. The van der Waals surface area contributed by atoms with E-state index in [0.717, 1.165) is 12.3 Å². The summed E-state index contributed by atoms with van der Waals surface area (Å²) in [5.41, 5.74) is 6.08. The predicted molar refractivity (Wildman–Crippen MR) is 116 cm³/mol. The van der Waals surface area contributed by atoms with Crippen molar-refractivity contribution in [2.75, 3.05) is 7.11 Å². The van der Waals surface area contributed by atoms with Crippen LogP contribution in [0, 0.1) is 6.92 Å². The summed E-state index contributed by atoms with van der Waals surface area (Å²) in [4.78, 5) is 0. The lowest BCUT2D eigenvalue weighted by Gasteiger charge is -2.10. The maximum Gasteiger partial charge on any atom is 0.219 e. The average molecular weight is 369 g/mol. The molecule has 140 valence electrons. The van der Waals surface area contributed by atoms with Crippen molar-refractivity contribution in [2.45, 2.75) is 20.4 Å². The minimum absolute atomic E-state index is 0.870. The quantitative estimate of drug-likeness (QED) is 0.477. The van der Waals surface area contributed by atoms with Crippen molar-refractivity contribution in [3.8, 4) is 11.4 Å². The third kappa shape index (κ3) is 3.31. The van der Waals surface area contributed by atoms with Crippen LogP contribution in [0.3, 0.4) is 0 Å². The van der Waals surface area contributed by atoms with Gasteiger partial charge >= 0.3 is 0 Å². The van der Waals surface area contributed by atoms with Gasteiger partial charge in [0, 0.05) is 29.2 Å². The van der Waals surface area contributed by atoms with Crippen LogP contribution in [0.25, 0.3) is 18.0 Å². The molecule has 3 heteroatoms. The molecular weight excluding hydrogens is 344 g/mol. The first-order chi connectivity index (χ1) is 13.6. The Morgan fingerprint density at radius 3 is 2.61 bits per heavy atom. The van der Waals surface area contributed by atoms with E-state index in [4.69, 9.17) is 4.74 Å². The number of nitrogens with zero attached hydrogens (tertiary/aromatic N) is 2. The van der Waals surface area contributed by atoms with Crippen LogP contribution < -0.4 is 19.9 Å². The summed E-state index contributed by atoms with van der Waals surface area (Å²) in [6.07, 6.45) is 8.40. The summed E-state index contributed by atoms with van der Waals surface area (Å²) in [5.74, 6) is 0.890. The Hall–Kier alpha value is -3.33. The topological polar surface area (TPSA) is 17.2 Å². The first kappa shape index (κ1) is 18.1. The summed E-state index contributed by atoms with van der Waals surface area (Å²) in [6, 6.07) is 17.0. The van der Waals surface area contributed by atoms with Crippen molar-refractivity contribution in [1.82, 2.24) is 9.14 Å². The van der Waals surface area contributed by atoms with E-state index in [1.54, 1.807) is 7.11 Å². The van der Waals surface area contributed by atoms with Gasteiger partial charge in [-0.05, 0) is 61.9 Å². The Morgan fingerprint density at radius 1 is 1.14 bits per heavy atom. The lowest BCUT2D eigenvalue weighted by Crippen LogP contribution is -2.46. The maximum absolute atomic E-state index is 5.23.